The maximum Gasteiger partial charge on any atom is 0.248 e. The first-order valence-electron chi connectivity index (χ1n) is 10.1. The standard InChI is InChI=1S/C26H28N2O/c1-20-7-13-25(14-8-20)28-26(29)19-23-11-9-22(10-12-23)15-17-27-18-16-24-6-4-3-5-21(24)2/h3-8,13-19,22H,2,9-12H2,1H3,(H,28,29)/b17-15-,23-19?,24-16-,27-18-. The zero-order valence-corrected chi connectivity index (χ0v) is 17.0. The lowest BCUT2D eigenvalue weighted by Gasteiger charge is -2.20. The highest BCUT2D eigenvalue weighted by Crippen LogP contribution is 2.29. The predicted octanol–water partition coefficient (Wildman–Crippen LogP) is 4.53. The molecule has 0 aromatic heterocycles. The summed E-state index contributed by atoms with van der Waals surface area (Å²) in [5.41, 5.74) is 3.25. The Morgan fingerprint density at radius 2 is 1.83 bits per heavy atom. The Kier molecular flexibility index (Phi) is 7.34. The number of hydrogen-bond acceptors (Lipinski definition) is 2. The Balaban J connectivity index is 1.46. The van der Waals surface area contributed by atoms with E-state index in [1.54, 1.807) is 6.08 Å². The summed E-state index contributed by atoms with van der Waals surface area (Å²) in [7, 11) is 0. The van der Waals surface area contributed by atoms with Gasteiger partial charge < -0.3 is 5.32 Å². The van der Waals surface area contributed by atoms with Gasteiger partial charge in [0.2, 0.25) is 5.91 Å². The van der Waals surface area contributed by atoms with Crippen molar-refractivity contribution in [2.75, 3.05) is 5.32 Å². The quantitative estimate of drug-likeness (QED) is 0.597. The Labute approximate surface area is 172 Å². The topological polar surface area (TPSA) is 41.5 Å². The molecule has 2 aromatic carbocycles. The molecule has 3 heteroatoms. The fourth-order valence-corrected chi connectivity index (χ4v) is 3.39. The number of hydrogen-bond donors (Lipinski definition) is 1. The van der Waals surface area contributed by atoms with E-state index < -0.39 is 0 Å². The van der Waals surface area contributed by atoms with E-state index in [9.17, 15) is 4.79 Å². The van der Waals surface area contributed by atoms with Gasteiger partial charge in [-0.15, -0.1) is 0 Å². The highest BCUT2D eigenvalue weighted by molar-refractivity contribution is 5.99. The van der Waals surface area contributed by atoms with E-state index in [1.807, 2.05) is 73.9 Å². The summed E-state index contributed by atoms with van der Waals surface area (Å²) in [6.07, 6.45) is 13.6. The van der Waals surface area contributed by atoms with Crippen LogP contribution in [0.5, 0.6) is 0 Å². The highest BCUT2D eigenvalue weighted by atomic mass is 16.1. The van der Waals surface area contributed by atoms with Gasteiger partial charge in [-0.05, 0) is 67.2 Å². The minimum atomic E-state index is -0.0383. The summed E-state index contributed by atoms with van der Waals surface area (Å²) in [6.45, 7) is 6.04. The first kappa shape index (κ1) is 20.5. The van der Waals surface area contributed by atoms with Gasteiger partial charge in [-0.2, -0.15) is 0 Å². The van der Waals surface area contributed by atoms with Crippen molar-refractivity contribution in [1.29, 1.82) is 0 Å². The molecule has 148 valence electrons. The normalized spacial score (nSPS) is 17.8. The average Bonchev–Trinajstić information content (AvgIpc) is 2.72. The third kappa shape index (κ3) is 6.72. The van der Waals surface area contributed by atoms with Crippen molar-refractivity contribution in [2.24, 2.45) is 10.9 Å². The highest BCUT2D eigenvalue weighted by Gasteiger charge is 2.15. The molecule has 3 nitrogen and oxygen atoms in total. The molecular formula is C26H28N2O. The van der Waals surface area contributed by atoms with E-state index in [-0.39, 0.29) is 5.91 Å². The van der Waals surface area contributed by atoms with Crippen LogP contribution >= 0.6 is 0 Å². The monoisotopic (exact) mass is 384 g/mol. The van der Waals surface area contributed by atoms with Gasteiger partial charge in [-0.25, -0.2) is 0 Å². The molecule has 0 aliphatic heterocycles. The van der Waals surface area contributed by atoms with Crippen molar-refractivity contribution >= 4 is 30.5 Å². The number of anilines is 1. The van der Waals surface area contributed by atoms with Crippen molar-refractivity contribution in [2.45, 2.75) is 32.6 Å². The molecule has 0 heterocycles. The van der Waals surface area contributed by atoms with E-state index in [4.69, 9.17) is 0 Å². The van der Waals surface area contributed by atoms with Crippen molar-refractivity contribution < 1.29 is 4.79 Å². The summed E-state index contributed by atoms with van der Waals surface area (Å²) >= 11 is 0. The van der Waals surface area contributed by atoms with Gasteiger partial charge in [0.15, 0.2) is 0 Å². The van der Waals surface area contributed by atoms with Crippen LogP contribution in [0.4, 0.5) is 5.69 Å². The van der Waals surface area contributed by atoms with Gasteiger partial charge in [0.05, 0.1) is 0 Å². The molecule has 0 bridgehead atoms. The van der Waals surface area contributed by atoms with Crippen LogP contribution in [0.25, 0.3) is 12.7 Å². The molecule has 2 aromatic rings. The SMILES string of the molecule is C=c1cccc/c1=C/C=N\C=C/C1CCC(=CC(=O)Nc2ccc(C)cc2)CC1. The zero-order chi connectivity index (χ0) is 20.5. The van der Waals surface area contributed by atoms with Gasteiger partial charge in [-0.1, -0.05) is 60.2 Å². The van der Waals surface area contributed by atoms with Crippen molar-refractivity contribution in [1.82, 2.24) is 0 Å². The maximum absolute atomic E-state index is 12.2. The summed E-state index contributed by atoms with van der Waals surface area (Å²) in [5.74, 6) is 0.480. The second-order valence-electron chi connectivity index (χ2n) is 7.50. The Morgan fingerprint density at radius 3 is 2.55 bits per heavy atom. The fourth-order valence-electron chi connectivity index (χ4n) is 3.39. The molecule has 1 aliphatic carbocycles. The molecule has 0 spiro atoms. The first-order chi connectivity index (χ1) is 14.1. The second-order valence-corrected chi connectivity index (χ2v) is 7.50. The van der Waals surface area contributed by atoms with Crippen LogP contribution < -0.4 is 15.8 Å². The number of aryl methyl sites for hydroxylation is 1. The third-order valence-corrected chi connectivity index (χ3v) is 5.17. The molecular weight excluding hydrogens is 356 g/mol. The summed E-state index contributed by atoms with van der Waals surface area (Å²) < 4.78 is 0. The Hall–Kier alpha value is -3.20. The number of aliphatic imine (C=N–C) groups is 1. The van der Waals surface area contributed by atoms with Crippen molar-refractivity contribution in [3.63, 3.8) is 0 Å². The molecule has 1 fully saturated rings. The minimum absolute atomic E-state index is 0.0383. The number of carbonyl (C=O) groups excluding carboxylic acids is 1. The van der Waals surface area contributed by atoms with Gasteiger partial charge >= 0.3 is 0 Å². The van der Waals surface area contributed by atoms with Crippen LogP contribution in [0.1, 0.15) is 31.2 Å². The van der Waals surface area contributed by atoms with Gasteiger partial charge in [0, 0.05) is 24.2 Å². The lowest BCUT2D eigenvalue weighted by molar-refractivity contribution is -0.112. The van der Waals surface area contributed by atoms with Gasteiger partial charge in [0.25, 0.3) is 0 Å². The molecule has 3 rings (SSSR count). The fraction of sp³-hybridized carbons (Fsp3) is 0.231. The molecule has 1 aliphatic rings. The van der Waals surface area contributed by atoms with Crippen molar-refractivity contribution in [3.05, 3.63) is 88.5 Å². The third-order valence-electron chi connectivity index (χ3n) is 5.17. The molecule has 0 atom stereocenters. The van der Waals surface area contributed by atoms with Gasteiger partial charge in [-0.3, -0.25) is 9.79 Å². The van der Waals surface area contributed by atoms with Crippen molar-refractivity contribution in [3.8, 4) is 0 Å². The number of amides is 1. The summed E-state index contributed by atoms with van der Waals surface area (Å²) in [5, 5.41) is 5.02. The largest absolute Gasteiger partial charge is 0.323 e. The van der Waals surface area contributed by atoms with E-state index in [0.29, 0.717) is 5.92 Å². The molecule has 1 amide bonds. The van der Waals surface area contributed by atoms with Crippen LogP contribution in [0, 0.1) is 12.8 Å². The molecule has 29 heavy (non-hydrogen) atoms. The lowest BCUT2D eigenvalue weighted by atomic mass is 9.85. The number of nitrogens with zero attached hydrogens (tertiary/aromatic N) is 1. The molecule has 0 saturated heterocycles. The first-order valence-corrected chi connectivity index (χ1v) is 10.1. The smallest absolute Gasteiger partial charge is 0.248 e. The number of nitrogens with one attached hydrogen (secondary N) is 1. The number of carbonyl (C=O) groups is 1. The average molecular weight is 385 g/mol. The van der Waals surface area contributed by atoms with E-state index in [1.165, 1.54) is 11.1 Å². The Morgan fingerprint density at radius 1 is 1.10 bits per heavy atom. The zero-order valence-electron chi connectivity index (χ0n) is 17.0. The lowest BCUT2D eigenvalue weighted by Crippen LogP contribution is -2.21. The number of allylic oxidation sites excluding steroid dienone is 2. The number of benzene rings is 2. The Bertz CT molecular complexity index is 1020. The molecule has 1 N–H and O–H groups in total. The maximum atomic E-state index is 12.2. The van der Waals surface area contributed by atoms with E-state index in [0.717, 1.165) is 41.8 Å². The minimum Gasteiger partial charge on any atom is -0.323 e. The molecule has 0 unspecified atom stereocenters. The van der Waals surface area contributed by atoms with Crippen LogP contribution in [-0.4, -0.2) is 12.1 Å². The molecule has 1 saturated carbocycles. The van der Waals surface area contributed by atoms with Crippen LogP contribution in [-0.2, 0) is 4.79 Å². The predicted molar refractivity (Wildman–Crippen MR) is 123 cm³/mol. The summed E-state index contributed by atoms with van der Waals surface area (Å²) in [6, 6.07) is 15.9. The number of rotatable bonds is 5. The second kappa shape index (κ2) is 10.4. The van der Waals surface area contributed by atoms with E-state index in [2.05, 4.69) is 23.0 Å². The van der Waals surface area contributed by atoms with Crippen LogP contribution in [0.3, 0.4) is 0 Å². The van der Waals surface area contributed by atoms with Gasteiger partial charge in [0.1, 0.15) is 0 Å². The molecule has 0 radical (unpaired) electrons. The van der Waals surface area contributed by atoms with Crippen LogP contribution in [0.15, 0.2) is 77.4 Å². The summed E-state index contributed by atoms with van der Waals surface area (Å²) in [4.78, 5) is 16.6. The van der Waals surface area contributed by atoms with Crippen LogP contribution in [0.2, 0.25) is 0 Å². The van der Waals surface area contributed by atoms with E-state index >= 15 is 0 Å².